The molecule has 1 aromatic heterocycles. The van der Waals surface area contributed by atoms with E-state index in [2.05, 4.69) is 15.3 Å². The van der Waals surface area contributed by atoms with Crippen molar-refractivity contribution in [1.82, 2.24) is 15.3 Å². The number of benzene rings is 1. The van der Waals surface area contributed by atoms with E-state index in [0.29, 0.717) is 11.6 Å². The number of rotatable bonds is 2. The Morgan fingerprint density at radius 3 is 2.76 bits per heavy atom. The molecule has 88 valence electrons. The van der Waals surface area contributed by atoms with Gasteiger partial charge in [0.15, 0.2) is 0 Å². The first kappa shape index (κ1) is 10.4. The fourth-order valence-corrected chi connectivity index (χ4v) is 1.87. The average Bonchev–Trinajstić information content (AvgIpc) is 2.68. The Hall–Kier alpha value is -1.75. The van der Waals surface area contributed by atoms with Crippen molar-refractivity contribution in [3.05, 3.63) is 41.9 Å². The van der Waals surface area contributed by atoms with Crippen LogP contribution in [0.5, 0.6) is 0 Å². The summed E-state index contributed by atoms with van der Waals surface area (Å²) in [5.74, 6) is 0.263. The van der Waals surface area contributed by atoms with Gasteiger partial charge in [-0.25, -0.2) is 13.8 Å². The minimum Gasteiger partial charge on any atom is -0.342 e. The fraction of sp³-hybridized carbons (Fsp3) is 0.250. The van der Waals surface area contributed by atoms with Gasteiger partial charge in [0.25, 0.3) is 0 Å². The van der Waals surface area contributed by atoms with Crippen LogP contribution in [-0.2, 0) is 0 Å². The molecular formula is C12H11F2N3. The van der Waals surface area contributed by atoms with E-state index in [1.807, 2.05) is 0 Å². The van der Waals surface area contributed by atoms with Gasteiger partial charge in [-0.15, -0.1) is 0 Å². The van der Waals surface area contributed by atoms with E-state index < -0.39 is 11.6 Å². The van der Waals surface area contributed by atoms with Crippen molar-refractivity contribution in [3.8, 4) is 11.3 Å². The highest BCUT2D eigenvalue weighted by molar-refractivity contribution is 5.59. The van der Waals surface area contributed by atoms with Gasteiger partial charge in [-0.3, -0.25) is 0 Å². The third-order valence-corrected chi connectivity index (χ3v) is 2.98. The molecule has 5 heteroatoms. The Morgan fingerprint density at radius 1 is 1.24 bits per heavy atom. The molecule has 1 aliphatic rings. The maximum atomic E-state index is 13.5. The molecule has 1 aromatic carbocycles. The lowest BCUT2D eigenvalue weighted by Gasteiger charge is -2.24. The third-order valence-electron chi connectivity index (χ3n) is 2.98. The summed E-state index contributed by atoms with van der Waals surface area (Å²) in [6, 6.07) is 3.40. The van der Waals surface area contributed by atoms with Crippen molar-refractivity contribution in [2.45, 2.75) is 5.92 Å². The zero-order valence-corrected chi connectivity index (χ0v) is 9.00. The van der Waals surface area contributed by atoms with Crippen LogP contribution in [0.2, 0.25) is 0 Å². The molecule has 0 unspecified atom stereocenters. The van der Waals surface area contributed by atoms with Gasteiger partial charge >= 0.3 is 0 Å². The number of aromatic amines is 1. The van der Waals surface area contributed by atoms with Crippen molar-refractivity contribution in [2.24, 2.45) is 0 Å². The predicted molar refractivity (Wildman–Crippen MR) is 59.6 cm³/mol. The van der Waals surface area contributed by atoms with E-state index in [0.717, 1.165) is 31.0 Å². The van der Waals surface area contributed by atoms with Crippen molar-refractivity contribution >= 4 is 0 Å². The Kier molecular flexibility index (Phi) is 2.40. The van der Waals surface area contributed by atoms with Crippen LogP contribution in [0.3, 0.4) is 0 Å². The highest BCUT2D eigenvalue weighted by Gasteiger charge is 2.22. The van der Waals surface area contributed by atoms with Gasteiger partial charge in [0.05, 0.1) is 11.9 Å². The second-order valence-corrected chi connectivity index (χ2v) is 4.16. The van der Waals surface area contributed by atoms with Gasteiger partial charge in [0, 0.05) is 24.6 Å². The summed E-state index contributed by atoms with van der Waals surface area (Å²) in [4.78, 5) is 7.24. The number of nitrogens with zero attached hydrogens (tertiary/aromatic N) is 1. The summed E-state index contributed by atoms with van der Waals surface area (Å²) in [5, 5.41) is 3.14. The van der Waals surface area contributed by atoms with E-state index in [-0.39, 0.29) is 5.56 Å². The third kappa shape index (κ3) is 1.82. The second kappa shape index (κ2) is 3.92. The molecule has 3 nitrogen and oxygen atoms in total. The first-order valence-electron chi connectivity index (χ1n) is 5.45. The lowest BCUT2D eigenvalue weighted by atomic mass is 10.0. The number of aromatic nitrogens is 2. The van der Waals surface area contributed by atoms with Gasteiger partial charge in [0.1, 0.15) is 17.5 Å². The zero-order chi connectivity index (χ0) is 11.8. The molecule has 2 N–H and O–H groups in total. The summed E-state index contributed by atoms with van der Waals surface area (Å²) in [6.07, 6.45) is 1.55. The molecule has 0 atom stereocenters. The Morgan fingerprint density at radius 2 is 2.06 bits per heavy atom. The molecule has 1 saturated heterocycles. The first-order chi connectivity index (χ1) is 8.24. The van der Waals surface area contributed by atoms with Gasteiger partial charge in [0.2, 0.25) is 0 Å². The van der Waals surface area contributed by atoms with E-state index in [1.165, 1.54) is 6.07 Å². The summed E-state index contributed by atoms with van der Waals surface area (Å²) >= 11 is 0. The maximum Gasteiger partial charge on any atom is 0.132 e. The SMILES string of the molecule is Fc1ccc(F)c(-c2cnc(C3CNC3)[nH]2)c1. The smallest absolute Gasteiger partial charge is 0.132 e. The van der Waals surface area contributed by atoms with E-state index in [1.54, 1.807) is 6.20 Å². The van der Waals surface area contributed by atoms with E-state index in [4.69, 9.17) is 0 Å². The normalized spacial score (nSPS) is 15.9. The lowest BCUT2D eigenvalue weighted by Crippen LogP contribution is -2.40. The number of hydrogen-bond donors (Lipinski definition) is 2. The average molecular weight is 235 g/mol. The summed E-state index contributed by atoms with van der Waals surface area (Å²) in [5.41, 5.74) is 0.736. The van der Waals surface area contributed by atoms with Crippen LogP contribution < -0.4 is 5.32 Å². The molecule has 0 bridgehead atoms. The van der Waals surface area contributed by atoms with Crippen LogP contribution in [0.4, 0.5) is 8.78 Å². The number of imidazole rings is 1. The van der Waals surface area contributed by atoms with E-state index in [9.17, 15) is 8.78 Å². The largest absolute Gasteiger partial charge is 0.342 e. The number of halogens is 2. The number of nitrogens with one attached hydrogen (secondary N) is 2. The first-order valence-corrected chi connectivity index (χ1v) is 5.45. The molecule has 0 amide bonds. The van der Waals surface area contributed by atoms with Crippen LogP contribution in [0.15, 0.2) is 24.4 Å². The molecule has 3 rings (SSSR count). The maximum absolute atomic E-state index is 13.5. The van der Waals surface area contributed by atoms with Gasteiger partial charge in [-0.2, -0.15) is 0 Å². The summed E-state index contributed by atoms with van der Waals surface area (Å²) in [7, 11) is 0. The van der Waals surface area contributed by atoms with Gasteiger partial charge < -0.3 is 10.3 Å². The molecule has 17 heavy (non-hydrogen) atoms. The predicted octanol–water partition coefficient (Wildman–Crippen LogP) is 2.04. The minimum absolute atomic E-state index is 0.219. The van der Waals surface area contributed by atoms with Gasteiger partial charge in [-0.05, 0) is 18.2 Å². The molecule has 2 heterocycles. The lowest BCUT2D eigenvalue weighted by molar-refractivity contribution is 0.433. The van der Waals surface area contributed by atoms with Gasteiger partial charge in [-0.1, -0.05) is 0 Å². The van der Waals surface area contributed by atoms with Crippen LogP contribution in [0.25, 0.3) is 11.3 Å². The summed E-state index contributed by atoms with van der Waals surface area (Å²) in [6.45, 7) is 1.75. The molecule has 2 aromatic rings. The Labute approximate surface area is 96.9 Å². The Bertz CT molecular complexity index is 546. The quantitative estimate of drug-likeness (QED) is 0.836. The molecule has 0 radical (unpaired) electrons. The highest BCUT2D eigenvalue weighted by atomic mass is 19.1. The molecule has 1 fully saturated rings. The molecule has 0 aliphatic carbocycles. The summed E-state index contributed by atoms with van der Waals surface area (Å²) < 4.78 is 26.6. The second-order valence-electron chi connectivity index (χ2n) is 4.16. The van der Waals surface area contributed by atoms with Crippen LogP contribution in [0.1, 0.15) is 11.7 Å². The standard InChI is InChI=1S/C12H11F2N3/c13-8-1-2-10(14)9(3-8)11-6-16-12(17-11)7-4-15-5-7/h1-3,6-7,15H,4-5H2,(H,16,17). The van der Waals surface area contributed by atoms with E-state index >= 15 is 0 Å². The monoisotopic (exact) mass is 235 g/mol. The van der Waals surface area contributed by atoms with Crippen molar-refractivity contribution < 1.29 is 8.78 Å². The fourth-order valence-electron chi connectivity index (χ4n) is 1.87. The molecule has 1 aliphatic heterocycles. The Balaban J connectivity index is 1.97. The van der Waals surface area contributed by atoms with Crippen molar-refractivity contribution in [3.63, 3.8) is 0 Å². The van der Waals surface area contributed by atoms with Crippen LogP contribution >= 0.6 is 0 Å². The molecular weight excluding hydrogens is 224 g/mol. The molecule has 0 saturated carbocycles. The zero-order valence-electron chi connectivity index (χ0n) is 9.00. The number of hydrogen-bond acceptors (Lipinski definition) is 2. The highest BCUT2D eigenvalue weighted by Crippen LogP contribution is 2.24. The number of H-pyrrole nitrogens is 1. The van der Waals surface area contributed by atoms with Crippen LogP contribution in [-0.4, -0.2) is 23.1 Å². The van der Waals surface area contributed by atoms with Crippen LogP contribution in [0, 0.1) is 11.6 Å². The molecule has 0 spiro atoms. The topological polar surface area (TPSA) is 40.7 Å². The van der Waals surface area contributed by atoms with Crippen molar-refractivity contribution in [2.75, 3.05) is 13.1 Å². The minimum atomic E-state index is -0.456. The van der Waals surface area contributed by atoms with Crippen molar-refractivity contribution in [1.29, 1.82) is 0 Å².